The number of benzene rings is 2. The average Bonchev–Trinajstić information content (AvgIpc) is 2.89. The van der Waals surface area contributed by atoms with Gasteiger partial charge in [-0.05, 0) is 30.9 Å². The molecular weight excluding hydrogens is 593 g/mol. The Bertz CT molecular complexity index is 1430. The summed E-state index contributed by atoms with van der Waals surface area (Å²) < 4.78 is 96.6. The minimum absolute atomic E-state index is 0.0751. The minimum atomic E-state index is -3.70. The molecular formula is C26H28F5N3O7S. The van der Waals surface area contributed by atoms with Crippen LogP contribution < -0.4 is 20.7 Å². The van der Waals surface area contributed by atoms with Gasteiger partial charge in [0.15, 0.2) is 23.2 Å². The molecule has 2 atom stereocenters. The van der Waals surface area contributed by atoms with Crippen molar-refractivity contribution in [1.82, 2.24) is 10.6 Å². The zero-order valence-corrected chi connectivity index (χ0v) is 23.4. The van der Waals surface area contributed by atoms with Crippen molar-refractivity contribution in [3.8, 4) is 5.75 Å². The van der Waals surface area contributed by atoms with Crippen molar-refractivity contribution in [2.45, 2.75) is 38.8 Å². The van der Waals surface area contributed by atoms with E-state index in [1.54, 1.807) is 13.8 Å². The molecule has 0 aliphatic heterocycles. The van der Waals surface area contributed by atoms with E-state index in [1.807, 2.05) is 5.32 Å². The second-order valence-corrected chi connectivity index (χ2v) is 11.9. The predicted octanol–water partition coefficient (Wildman–Crippen LogP) is 2.42. The Labute approximate surface area is 237 Å². The monoisotopic (exact) mass is 621 g/mol. The first-order chi connectivity index (χ1) is 19.5. The van der Waals surface area contributed by atoms with Crippen molar-refractivity contribution in [1.29, 1.82) is 0 Å². The van der Waals surface area contributed by atoms with Crippen LogP contribution in [0, 0.1) is 35.0 Å². The van der Waals surface area contributed by atoms with Crippen molar-refractivity contribution < 1.29 is 54.3 Å². The molecule has 2 aromatic rings. The lowest BCUT2D eigenvalue weighted by atomic mass is 10.0. The van der Waals surface area contributed by atoms with Gasteiger partial charge in [-0.2, -0.15) is 8.78 Å². The zero-order chi connectivity index (χ0) is 31.8. The van der Waals surface area contributed by atoms with Crippen LogP contribution in [0.15, 0.2) is 30.3 Å². The molecule has 0 saturated heterocycles. The van der Waals surface area contributed by atoms with Gasteiger partial charge in [-0.25, -0.2) is 21.6 Å². The van der Waals surface area contributed by atoms with Crippen molar-refractivity contribution in [2.24, 2.45) is 5.92 Å². The summed E-state index contributed by atoms with van der Waals surface area (Å²) in [4.78, 5) is 50.7. The molecule has 0 saturated carbocycles. The molecule has 0 fully saturated rings. The van der Waals surface area contributed by atoms with Crippen molar-refractivity contribution in [3.05, 3.63) is 59.4 Å². The number of Topliss-reactive ketones (excluding diaryl/α,β-unsaturated/α-hetero) is 1. The third kappa shape index (κ3) is 10.1. The number of para-hydroxylation sites is 1. The number of hydrogen-bond donors (Lipinski definition) is 3. The molecule has 230 valence electrons. The quantitative estimate of drug-likeness (QED) is 0.177. The summed E-state index contributed by atoms with van der Waals surface area (Å²) in [7, 11) is -3.70. The molecule has 2 aromatic carbocycles. The molecule has 3 N–H and O–H groups in total. The molecule has 16 heteroatoms. The van der Waals surface area contributed by atoms with E-state index < -0.39 is 99.0 Å². The molecule has 0 aromatic heterocycles. The summed E-state index contributed by atoms with van der Waals surface area (Å²) in [5.74, 6) is -15.6. The predicted molar refractivity (Wildman–Crippen MR) is 139 cm³/mol. The Kier molecular flexibility index (Phi) is 11.9. The standard InChI is InChI=1S/C26H28F5N3O7S/c1-13(2)10-19(34-26(38)25(37)32-17-7-5-4-6-14(17)27)24(36)33-18(8-9-42(3,39)40)20(35)12-41-23-21(30)15(28)11-16(29)22(23)31/h4-7,11,13,18-19H,8-10,12H2,1-3H3,(H,32,37)(H,33,36)(H,34,38)/t18-,19-/m0/s1. The molecule has 0 radical (unpaired) electrons. The Hall–Kier alpha value is -4.08. The number of amides is 3. The summed E-state index contributed by atoms with van der Waals surface area (Å²) in [5.41, 5.74) is -0.306. The molecule has 0 bridgehead atoms. The normalized spacial score (nSPS) is 12.8. The van der Waals surface area contributed by atoms with Crippen LogP contribution in [-0.2, 0) is 29.0 Å². The van der Waals surface area contributed by atoms with Gasteiger partial charge in [0, 0.05) is 12.3 Å². The van der Waals surface area contributed by atoms with Crippen LogP contribution in [-0.4, -0.2) is 62.6 Å². The number of nitrogens with one attached hydrogen (secondary N) is 3. The van der Waals surface area contributed by atoms with Crippen LogP contribution in [0.2, 0.25) is 0 Å². The Morgan fingerprint density at radius 3 is 2.00 bits per heavy atom. The second-order valence-electron chi connectivity index (χ2n) is 9.62. The summed E-state index contributed by atoms with van der Waals surface area (Å²) in [6.07, 6.45) is 0.210. The highest BCUT2D eigenvalue weighted by Crippen LogP contribution is 2.26. The Morgan fingerprint density at radius 1 is 0.857 bits per heavy atom. The largest absolute Gasteiger partial charge is 0.479 e. The number of ketones is 1. The summed E-state index contributed by atoms with van der Waals surface area (Å²) in [6.45, 7) is 2.08. The smallest absolute Gasteiger partial charge is 0.313 e. The topological polar surface area (TPSA) is 148 Å². The summed E-state index contributed by atoms with van der Waals surface area (Å²) in [6, 6.07) is 1.78. The number of anilines is 1. The summed E-state index contributed by atoms with van der Waals surface area (Å²) >= 11 is 0. The van der Waals surface area contributed by atoms with Crippen LogP contribution in [0.25, 0.3) is 0 Å². The van der Waals surface area contributed by atoms with E-state index in [0.717, 1.165) is 12.3 Å². The maximum Gasteiger partial charge on any atom is 0.313 e. The van der Waals surface area contributed by atoms with Crippen LogP contribution in [0.1, 0.15) is 26.7 Å². The van der Waals surface area contributed by atoms with E-state index in [-0.39, 0.29) is 24.1 Å². The number of ether oxygens (including phenoxy) is 1. The van der Waals surface area contributed by atoms with Crippen molar-refractivity contribution in [2.75, 3.05) is 23.9 Å². The fourth-order valence-corrected chi connectivity index (χ4v) is 4.17. The lowest BCUT2D eigenvalue weighted by molar-refractivity contribution is -0.138. The highest BCUT2D eigenvalue weighted by Gasteiger charge is 2.31. The molecule has 10 nitrogen and oxygen atoms in total. The Balaban J connectivity index is 2.21. The van der Waals surface area contributed by atoms with E-state index in [9.17, 15) is 49.5 Å². The summed E-state index contributed by atoms with van der Waals surface area (Å²) in [5, 5.41) is 6.42. The average molecular weight is 622 g/mol. The maximum atomic E-state index is 13.9. The fraction of sp³-hybridized carbons (Fsp3) is 0.385. The van der Waals surface area contributed by atoms with Gasteiger partial charge >= 0.3 is 11.8 Å². The lowest BCUT2D eigenvalue weighted by Crippen LogP contribution is -2.54. The number of hydrogen-bond acceptors (Lipinski definition) is 7. The van der Waals surface area contributed by atoms with E-state index in [2.05, 4.69) is 15.4 Å². The third-order valence-electron chi connectivity index (χ3n) is 5.57. The first-order valence-corrected chi connectivity index (χ1v) is 14.4. The number of halogens is 5. The zero-order valence-electron chi connectivity index (χ0n) is 22.6. The minimum Gasteiger partial charge on any atom is -0.479 e. The van der Waals surface area contributed by atoms with Gasteiger partial charge in [-0.15, -0.1) is 0 Å². The first-order valence-electron chi connectivity index (χ1n) is 12.3. The van der Waals surface area contributed by atoms with Gasteiger partial charge in [0.25, 0.3) is 0 Å². The van der Waals surface area contributed by atoms with Gasteiger partial charge in [0.1, 0.15) is 28.3 Å². The maximum absolute atomic E-state index is 13.9. The number of sulfone groups is 1. The van der Waals surface area contributed by atoms with Gasteiger partial charge in [-0.1, -0.05) is 26.0 Å². The van der Waals surface area contributed by atoms with Crippen LogP contribution >= 0.6 is 0 Å². The lowest BCUT2D eigenvalue weighted by Gasteiger charge is -2.24. The van der Waals surface area contributed by atoms with Gasteiger partial charge in [0.2, 0.25) is 17.5 Å². The first kappa shape index (κ1) is 34.1. The number of carbonyl (C=O) groups is 4. The molecule has 42 heavy (non-hydrogen) atoms. The number of carbonyl (C=O) groups excluding carboxylic acids is 4. The van der Waals surface area contributed by atoms with E-state index in [0.29, 0.717) is 0 Å². The molecule has 0 aliphatic carbocycles. The molecule has 2 rings (SSSR count). The van der Waals surface area contributed by atoms with E-state index >= 15 is 0 Å². The van der Waals surface area contributed by atoms with Gasteiger partial charge in [0.05, 0.1) is 17.5 Å². The molecule has 0 spiro atoms. The van der Waals surface area contributed by atoms with Gasteiger partial charge in [-0.3, -0.25) is 19.2 Å². The van der Waals surface area contributed by atoms with Crippen molar-refractivity contribution >= 4 is 39.0 Å². The van der Waals surface area contributed by atoms with Crippen LogP contribution in [0.5, 0.6) is 5.75 Å². The molecule has 0 unspecified atom stereocenters. The van der Waals surface area contributed by atoms with E-state index in [1.165, 1.54) is 18.2 Å². The SMILES string of the molecule is CC(C)C[C@H](NC(=O)C(=O)Nc1ccccc1F)C(=O)N[C@@H](CCS(C)(=O)=O)C(=O)COc1c(F)c(F)cc(F)c1F. The second kappa shape index (κ2) is 14.7. The highest BCUT2D eigenvalue weighted by molar-refractivity contribution is 7.90. The molecule has 0 heterocycles. The highest BCUT2D eigenvalue weighted by atomic mass is 32.2. The van der Waals surface area contributed by atoms with E-state index in [4.69, 9.17) is 0 Å². The fourth-order valence-electron chi connectivity index (χ4n) is 3.51. The van der Waals surface area contributed by atoms with Crippen LogP contribution in [0.3, 0.4) is 0 Å². The third-order valence-corrected chi connectivity index (χ3v) is 6.55. The molecule has 0 aliphatic rings. The Morgan fingerprint density at radius 2 is 1.45 bits per heavy atom. The van der Waals surface area contributed by atoms with Crippen molar-refractivity contribution in [3.63, 3.8) is 0 Å². The molecule has 3 amide bonds. The van der Waals surface area contributed by atoms with Crippen LogP contribution in [0.4, 0.5) is 27.6 Å². The number of rotatable bonds is 13. The van der Waals surface area contributed by atoms with Gasteiger partial charge < -0.3 is 20.7 Å².